The number of rotatable bonds is 5. The Morgan fingerprint density at radius 2 is 1.86 bits per heavy atom. The first-order chi connectivity index (χ1) is 17.1. The third-order valence-corrected chi connectivity index (χ3v) is 6.56. The number of hydrogen-bond donors (Lipinski definition) is 2. The summed E-state index contributed by atoms with van der Waals surface area (Å²) in [5, 5.41) is 17.1. The van der Waals surface area contributed by atoms with Gasteiger partial charge >= 0.3 is 0 Å². The minimum atomic E-state index is -0.587. The van der Waals surface area contributed by atoms with Gasteiger partial charge in [-0.1, -0.05) is 46.3 Å². The van der Waals surface area contributed by atoms with E-state index >= 15 is 0 Å². The van der Waals surface area contributed by atoms with E-state index in [0.29, 0.717) is 16.6 Å². The van der Waals surface area contributed by atoms with Crippen molar-refractivity contribution in [2.75, 3.05) is 5.32 Å². The van der Waals surface area contributed by atoms with Gasteiger partial charge in [-0.05, 0) is 65.9 Å². The summed E-state index contributed by atoms with van der Waals surface area (Å²) in [6.07, 6.45) is 1.96. The summed E-state index contributed by atoms with van der Waals surface area (Å²) < 4.78 is 15.8. The van der Waals surface area contributed by atoms with Crippen LogP contribution in [-0.4, -0.2) is 31.5 Å². The van der Waals surface area contributed by atoms with Crippen molar-refractivity contribution in [2.45, 2.75) is 18.8 Å². The molecular weight excluding hydrogens is 511 g/mol. The van der Waals surface area contributed by atoms with Crippen LogP contribution in [0.5, 0.6) is 0 Å². The van der Waals surface area contributed by atoms with Crippen LogP contribution in [0, 0.1) is 5.82 Å². The van der Waals surface area contributed by atoms with Gasteiger partial charge in [-0.15, -0.1) is 10.2 Å². The molecule has 2 aromatic heterocycles. The highest BCUT2D eigenvalue weighted by molar-refractivity contribution is 9.10. The molecule has 0 saturated heterocycles. The molecule has 0 spiro atoms. The SMILES string of the molecule is O=C(Nc1ccc(-c2nn[nH]n2)cc1F)c1c(C2CC2)c(-c2ccccc2)nc2ccc(Br)cc12. The lowest BCUT2D eigenvalue weighted by molar-refractivity contribution is 0.102. The summed E-state index contributed by atoms with van der Waals surface area (Å²) in [5.41, 5.74) is 4.41. The zero-order valence-electron chi connectivity index (χ0n) is 18.3. The molecule has 9 heteroatoms. The molecule has 1 amide bonds. The smallest absolute Gasteiger partial charge is 0.256 e. The number of carbonyl (C=O) groups excluding carboxylic acids is 1. The Morgan fingerprint density at radius 3 is 2.57 bits per heavy atom. The number of pyridine rings is 1. The van der Waals surface area contributed by atoms with Crippen LogP contribution in [0.1, 0.15) is 34.7 Å². The van der Waals surface area contributed by atoms with Gasteiger partial charge in [0.2, 0.25) is 5.82 Å². The van der Waals surface area contributed by atoms with E-state index in [1.165, 1.54) is 12.1 Å². The zero-order valence-corrected chi connectivity index (χ0v) is 19.9. The van der Waals surface area contributed by atoms with Gasteiger partial charge in [0.15, 0.2) is 0 Å². The molecule has 172 valence electrons. The van der Waals surface area contributed by atoms with Crippen molar-refractivity contribution in [1.29, 1.82) is 0 Å². The van der Waals surface area contributed by atoms with Crippen molar-refractivity contribution in [2.24, 2.45) is 0 Å². The summed E-state index contributed by atoms with van der Waals surface area (Å²) in [6, 6.07) is 20.0. The highest BCUT2D eigenvalue weighted by Crippen LogP contribution is 2.47. The van der Waals surface area contributed by atoms with Crippen molar-refractivity contribution < 1.29 is 9.18 Å². The number of tetrazole rings is 1. The highest BCUT2D eigenvalue weighted by Gasteiger charge is 2.33. The molecule has 0 atom stereocenters. The molecule has 35 heavy (non-hydrogen) atoms. The van der Waals surface area contributed by atoms with Gasteiger partial charge < -0.3 is 5.32 Å². The summed E-state index contributed by atoms with van der Waals surface area (Å²) in [5.74, 6) is -0.459. The Hall–Kier alpha value is -3.98. The van der Waals surface area contributed by atoms with Crippen LogP contribution in [0.25, 0.3) is 33.5 Å². The number of H-pyrrole nitrogens is 1. The fourth-order valence-electron chi connectivity index (χ4n) is 4.30. The molecular formula is C26H18BrFN6O. The molecule has 5 aromatic rings. The van der Waals surface area contributed by atoms with Gasteiger partial charge in [0.1, 0.15) is 5.82 Å². The summed E-state index contributed by atoms with van der Waals surface area (Å²) >= 11 is 3.52. The summed E-state index contributed by atoms with van der Waals surface area (Å²) in [4.78, 5) is 18.7. The van der Waals surface area contributed by atoms with E-state index in [0.717, 1.165) is 39.5 Å². The second kappa shape index (κ2) is 8.66. The van der Waals surface area contributed by atoms with Crippen molar-refractivity contribution in [3.63, 3.8) is 0 Å². The number of aromatic nitrogens is 5. The zero-order chi connectivity index (χ0) is 23.9. The lowest BCUT2D eigenvalue weighted by atomic mass is 9.93. The lowest BCUT2D eigenvalue weighted by Gasteiger charge is -2.18. The van der Waals surface area contributed by atoms with Gasteiger partial charge in [-0.2, -0.15) is 5.21 Å². The normalized spacial score (nSPS) is 13.2. The van der Waals surface area contributed by atoms with Gasteiger partial charge in [-0.25, -0.2) is 9.37 Å². The van der Waals surface area contributed by atoms with Crippen molar-refractivity contribution >= 4 is 38.4 Å². The van der Waals surface area contributed by atoms with Crippen LogP contribution in [0.2, 0.25) is 0 Å². The molecule has 0 radical (unpaired) electrons. The average Bonchev–Trinajstić information content (AvgIpc) is 3.57. The molecule has 0 aliphatic heterocycles. The minimum Gasteiger partial charge on any atom is -0.319 e. The number of fused-ring (bicyclic) bond motifs is 1. The predicted molar refractivity (Wildman–Crippen MR) is 134 cm³/mol. The van der Waals surface area contributed by atoms with Crippen molar-refractivity contribution in [3.05, 3.63) is 88.1 Å². The fraction of sp³-hybridized carbons (Fsp3) is 0.115. The van der Waals surface area contributed by atoms with E-state index in [1.807, 2.05) is 48.5 Å². The maximum Gasteiger partial charge on any atom is 0.256 e. The van der Waals surface area contributed by atoms with Gasteiger partial charge in [-0.3, -0.25) is 4.79 Å². The Bertz CT molecular complexity index is 1570. The first-order valence-corrected chi connectivity index (χ1v) is 11.9. The van der Waals surface area contributed by atoms with Crippen LogP contribution in [0.3, 0.4) is 0 Å². The maximum absolute atomic E-state index is 15.0. The molecule has 1 aliphatic carbocycles. The molecule has 2 heterocycles. The topological polar surface area (TPSA) is 96.5 Å². The van der Waals surface area contributed by atoms with Crippen LogP contribution in [0.15, 0.2) is 71.2 Å². The van der Waals surface area contributed by atoms with Crippen molar-refractivity contribution in [3.8, 4) is 22.6 Å². The first-order valence-electron chi connectivity index (χ1n) is 11.1. The van der Waals surface area contributed by atoms with Crippen LogP contribution in [0.4, 0.5) is 10.1 Å². The molecule has 0 unspecified atom stereocenters. The van der Waals surface area contributed by atoms with E-state index in [4.69, 9.17) is 4.98 Å². The van der Waals surface area contributed by atoms with Crippen molar-refractivity contribution in [1.82, 2.24) is 25.6 Å². The number of amides is 1. The van der Waals surface area contributed by atoms with E-state index < -0.39 is 5.82 Å². The lowest BCUT2D eigenvalue weighted by Crippen LogP contribution is -2.17. The molecule has 1 fully saturated rings. The van der Waals surface area contributed by atoms with Gasteiger partial charge in [0, 0.05) is 21.0 Å². The number of halogens is 2. The maximum atomic E-state index is 15.0. The third kappa shape index (κ3) is 4.08. The van der Waals surface area contributed by atoms with Crippen LogP contribution >= 0.6 is 15.9 Å². The summed E-state index contributed by atoms with van der Waals surface area (Å²) in [7, 11) is 0. The Balaban J connectivity index is 1.48. The number of anilines is 1. The number of benzene rings is 3. The largest absolute Gasteiger partial charge is 0.319 e. The second-order valence-corrected chi connectivity index (χ2v) is 9.35. The molecule has 3 aromatic carbocycles. The highest BCUT2D eigenvalue weighted by atomic mass is 79.9. The monoisotopic (exact) mass is 528 g/mol. The molecule has 6 rings (SSSR count). The minimum absolute atomic E-state index is 0.0743. The fourth-order valence-corrected chi connectivity index (χ4v) is 4.67. The number of nitrogens with zero attached hydrogens (tertiary/aromatic N) is 4. The Kier molecular flexibility index (Phi) is 5.33. The van der Waals surface area contributed by atoms with Crippen LogP contribution in [-0.2, 0) is 0 Å². The molecule has 1 aliphatic rings. The average molecular weight is 529 g/mol. The third-order valence-electron chi connectivity index (χ3n) is 6.07. The van der Waals surface area contributed by atoms with E-state index in [1.54, 1.807) is 6.07 Å². The van der Waals surface area contributed by atoms with E-state index in [2.05, 4.69) is 41.9 Å². The quantitative estimate of drug-likeness (QED) is 0.286. The number of hydrogen-bond acceptors (Lipinski definition) is 5. The molecule has 0 bridgehead atoms. The molecule has 2 N–H and O–H groups in total. The van der Waals surface area contributed by atoms with Gasteiger partial charge in [0.05, 0.1) is 22.5 Å². The Morgan fingerprint density at radius 1 is 1.03 bits per heavy atom. The second-order valence-electron chi connectivity index (χ2n) is 8.44. The Labute approximate surface area is 207 Å². The standard InChI is InChI=1S/C26H18BrFN6O/c27-17-9-11-20-18(13-17)23(22(14-6-7-14)24(29-20)15-4-2-1-3-5-15)26(35)30-21-10-8-16(12-19(21)28)25-31-33-34-32-25/h1-5,8-14H,6-7H2,(H,30,35)(H,31,32,33,34). The van der Waals surface area contributed by atoms with Crippen LogP contribution < -0.4 is 5.32 Å². The number of nitrogens with one attached hydrogen (secondary N) is 2. The van der Waals surface area contributed by atoms with E-state index in [9.17, 15) is 9.18 Å². The summed E-state index contributed by atoms with van der Waals surface area (Å²) in [6.45, 7) is 0. The molecule has 1 saturated carbocycles. The molecule has 7 nitrogen and oxygen atoms in total. The van der Waals surface area contributed by atoms with Gasteiger partial charge in [0.25, 0.3) is 5.91 Å². The number of aromatic amines is 1. The number of carbonyl (C=O) groups is 1. The predicted octanol–water partition coefficient (Wildman–Crippen LogP) is 6.11. The first kappa shape index (κ1) is 21.5. The van der Waals surface area contributed by atoms with E-state index in [-0.39, 0.29) is 23.3 Å².